The van der Waals surface area contributed by atoms with Crippen LogP contribution in [0.3, 0.4) is 0 Å². The number of rotatable bonds is 3. The molecule has 0 spiro atoms. The van der Waals surface area contributed by atoms with Crippen LogP contribution in [0.15, 0.2) is 18.3 Å². The SMILES string of the molecule is Cc1cc(-c2ccnn2C)nc([C@@H]2CCCN(S(C)(=O)=O)C2)n1. The van der Waals surface area contributed by atoms with Crippen LogP contribution in [0.2, 0.25) is 0 Å². The average Bonchev–Trinajstić information content (AvgIpc) is 2.92. The van der Waals surface area contributed by atoms with E-state index >= 15 is 0 Å². The van der Waals surface area contributed by atoms with Crippen LogP contribution in [-0.4, -0.2) is 51.8 Å². The molecule has 7 nitrogen and oxygen atoms in total. The monoisotopic (exact) mass is 335 g/mol. The maximum atomic E-state index is 11.8. The van der Waals surface area contributed by atoms with Gasteiger partial charge < -0.3 is 0 Å². The van der Waals surface area contributed by atoms with E-state index in [0.29, 0.717) is 13.1 Å². The Balaban J connectivity index is 1.94. The molecule has 23 heavy (non-hydrogen) atoms. The van der Waals surface area contributed by atoms with Gasteiger partial charge in [-0.1, -0.05) is 0 Å². The zero-order valence-electron chi connectivity index (χ0n) is 13.6. The predicted octanol–water partition coefficient (Wildman–Crippen LogP) is 1.32. The summed E-state index contributed by atoms with van der Waals surface area (Å²) in [6.45, 7) is 2.96. The van der Waals surface area contributed by atoms with Gasteiger partial charge >= 0.3 is 0 Å². The van der Waals surface area contributed by atoms with Gasteiger partial charge in [0.1, 0.15) is 5.82 Å². The van der Waals surface area contributed by atoms with Gasteiger partial charge in [0.25, 0.3) is 0 Å². The molecule has 0 amide bonds. The Hall–Kier alpha value is -1.80. The van der Waals surface area contributed by atoms with Gasteiger partial charge in [0.2, 0.25) is 10.0 Å². The lowest BCUT2D eigenvalue weighted by Crippen LogP contribution is -2.38. The second-order valence-corrected chi connectivity index (χ2v) is 8.04. The van der Waals surface area contributed by atoms with Crippen LogP contribution in [0.1, 0.15) is 30.3 Å². The molecule has 0 bridgehead atoms. The Morgan fingerprint density at radius 3 is 2.74 bits per heavy atom. The molecule has 2 aromatic rings. The van der Waals surface area contributed by atoms with Gasteiger partial charge in [-0.15, -0.1) is 0 Å². The summed E-state index contributed by atoms with van der Waals surface area (Å²) in [7, 11) is -1.30. The molecular weight excluding hydrogens is 314 g/mol. The first-order chi connectivity index (χ1) is 10.8. The van der Waals surface area contributed by atoms with E-state index in [-0.39, 0.29) is 5.92 Å². The van der Waals surface area contributed by atoms with Crippen molar-refractivity contribution >= 4 is 10.0 Å². The Labute approximate surface area is 136 Å². The molecular formula is C15H21N5O2S. The molecule has 0 aromatic carbocycles. The van der Waals surface area contributed by atoms with Crippen molar-refractivity contribution in [3.05, 3.63) is 29.8 Å². The summed E-state index contributed by atoms with van der Waals surface area (Å²) >= 11 is 0. The second-order valence-electron chi connectivity index (χ2n) is 6.05. The normalized spacial score (nSPS) is 19.9. The van der Waals surface area contributed by atoms with Gasteiger partial charge in [-0.2, -0.15) is 5.10 Å². The number of piperidine rings is 1. The first-order valence-corrected chi connectivity index (χ1v) is 9.48. The fourth-order valence-corrected chi connectivity index (χ4v) is 3.90. The lowest BCUT2D eigenvalue weighted by atomic mass is 9.98. The van der Waals surface area contributed by atoms with Crippen molar-refractivity contribution in [2.24, 2.45) is 7.05 Å². The molecule has 0 N–H and O–H groups in total. The zero-order valence-corrected chi connectivity index (χ0v) is 14.4. The average molecular weight is 335 g/mol. The van der Waals surface area contributed by atoms with Gasteiger partial charge in [-0.05, 0) is 31.9 Å². The van der Waals surface area contributed by atoms with E-state index in [1.165, 1.54) is 10.6 Å². The third-order valence-corrected chi connectivity index (χ3v) is 5.44. The predicted molar refractivity (Wildman–Crippen MR) is 87.4 cm³/mol. The number of hydrogen-bond acceptors (Lipinski definition) is 5. The maximum Gasteiger partial charge on any atom is 0.211 e. The molecule has 124 valence electrons. The highest BCUT2D eigenvalue weighted by molar-refractivity contribution is 7.88. The summed E-state index contributed by atoms with van der Waals surface area (Å²) in [6, 6.07) is 3.84. The minimum atomic E-state index is -3.17. The molecule has 3 heterocycles. The van der Waals surface area contributed by atoms with Gasteiger partial charge in [-0.3, -0.25) is 4.68 Å². The Kier molecular flexibility index (Phi) is 4.20. The Morgan fingerprint density at radius 1 is 1.30 bits per heavy atom. The van der Waals surface area contributed by atoms with Crippen LogP contribution in [0, 0.1) is 6.92 Å². The molecule has 0 radical (unpaired) electrons. The van der Waals surface area contributed by atoms with E-state index in [2.05, 4.69) is 15.1 Å². The van der Waals surface area contributed by atoms with Crippen LogP contribution in [0.25, 0.3) is 11.4 Å². The summed E-state index contributed by atoms with van der Waals surface area (Å²) < 4.78 is 26.9. The summed E-state index contributed by atoms with van der Waals surface area (Å²) in [6.07, 6.45) is 4.72. The molecule has 1 aliphatic rings. The van der Waals surface area contributed by atoms with Crippen molar-refractivity contribution in [3.63, 3.8) is 0 Å². The molecule has 1 atom stereocenters. The molecule has 3 rings (SSSR count). The lowest BCUT2D eigenvalue weighted by molar-refractivity contribution is 0.311. The van der Waals surface area contributed by atoms with E-state index in [1.54, 1.807) is 10.9 Å². The molecule has 1 saturated heterocycles. The Bertz CT molecular complexity index is 815. The van der Waals surface area contributed by atoms with Crippen LogP contribution < -0.4 is 0 Å². The van der Waals surface area contributed by atoms with Crippen molar-refractivity contribution in [2.75, 3.05) is 19.3 Å². The maximum absolute atomic E-state index is 11.8. The number of aromatic nitrogens is 4. The van der Waals surface area contributed by atoms with Crippen LogP contribution in [-0.2, 0) is 17.1 Å². The molecule has 0 aliphatic carbocycles. The number of nitrogens with zero attached hydrogens (tertiary/aromatic N) is 5. The minimum absolute atomic E-state index is 0.0327. The fourth-order valence-electron chi connectivity index (χ4n) is 2.98. The molecule has 1 aliphatic heterocycles. The zero-order chi connectivity index (χ0) is 16.6. The lowest BCUT2D eigenvalue weighted by Gasteiger charge is -2.30. The van der Waals surface area contributed by atoms with Crippen LogP contribution >= 0.6 is 0 Å². The second kappa shape index (κ2) is 6.01. The first-order valence-electron chi connectivity index (χ1n) is 7.63. The van der Waals surface area contributed by atoms with Gasteiger partial charge in [-0.25, -0.2) is 22.7 Å². The third kappa shape index (κ3) is 3.42. The quantitative estimate of drug-likeness (QED) is 0.845. The van der Waals surface area contributed by atoms with E-state index in [0.717, 1.165) is 35.7 Å². The molecule has 2 aromatic heterocycles. The summed E-state index contributed by atoms with van der Waals surface area (Å²) in [4.78, 5) is 9.23. The molecule has 8 heteroatoms. The van der Waals surface area contributed by atoms with E-state index in [1.807, 2.05) is 26.1 Å². The van der Waals surface area contributed by atoms with Gasteiger partial charge in [0.05, 0.1) is 17.6 Å². The fraction of sp³-hybridized carbons (Fsp3) is 0.533. The van der Waals surface area contributed by atoms with Crippen LogP contribution in [0.4, 0.5) is 0 Å². The van der Waals surface area contributed by atoms with E-state index in [4.69, 9.17) is 0 Å². The third-order valence-electron chi connectivity index (χ3n) is 4.17. The van der Waals surface area contributed by atoms with E-state index < -0.39 is 10.0 Å². The number of sulfonamides is 1. The van der Waals surface area contributed by atoms with Crippen molar-refractivity contribution in [2.45, 2.75) is 25.7 Å². The first kappa shape index (κ1) is 16.1. The smallest absolute Gasteiger partial charge is 0.211 e. The number of aryl methyl sites for hydroxylation is 2. The summed E-state index contributed by atoms with van der Waals surface area (Å²) in [5.41, 5.74) is 2.62. The van der Waals surface area contributed by atoms with Crippen LogP contribution in [0.5, 0.6) is 0 Å². The van der Waals surface area contributed by atoms with Gasteiger partial charge in [0, 0.05) is 37.9 Å². The van der Waals surface area contributed by atoms with Crippen molar-refractivity contribution in [1.29, 1.82) is 0 Å². The largest absolute Gasteiger partial charge is 0.266 e. The van der Waals surface area contributed by atoms with Gasteiger partial charge in [0.15, 0.2) is 0 Å². The molecule has 1 fully saturated rings. The number of hydrogen-bond donors (Lipinski definition) is 0. The highest BCUT2D eigenvalue weighted by Crippen LogP contribution is 2.27. The summed E-state index contributed by atoms with van der Waals surface area (Å²) in [5.74, 6) is 0.750. The molecule has 0 saturated carbocycles. The standard InChI is InChI=1S/C15H21N5O2S/c1-11-9-13(14-6-7-16-19(14)2)18-15(17-11)12-5-4-8-20(10-12)23(3,21)22/h6-7,9,12H,4-5,8,10H2,1-3H3/t12-/m1/s1. The van der Waals surface area contributed by atoms with Crippen molar-refractivity contribution in [1.82, 2.24) is 24.1 Å². The highest BCUT2D eigenvalue weighted by atomic mass is 32.2. The highest BCUT2D eigenvalue weighted by Gasteiger charge is 2.28. The Morgan fingerprint density at radius 2 is 2.09 bits per heavy atom. The topological polar surface area (TPSA) is 81.0 Å². The van der Waals surface area contributed by atoms with Crippen molar-refractivity contribution < 1.29 is 8.42 Å². The van der Waals surface area contributed by atoms with Crippen molar-refractivity contribution in [3.8, 4) is 11.4 Å². The summed E-state index contributed by atoms with van der Waals surface area (Å²) in [5, 5.41) is 4.18. The molecule has 0 unspecified atom stereocenters. The minimum Gasteiger partial charge on any atom is -0.266 e. The van der Waals surface area contributed by atoms with E-state index in [9.17, 15) is 8.42 Å².